The molecule has 0 saturated carbocycles. The van der Waals surface area contributed by atoms with Crippen LogP contribution in [0.1, 0.15) is 33.5 Å². The van der Waals surface area contributed by atoms with Gasteiger partial charge in [-0.15, -0.1) is 0 Å². The Bertz CT molecular complexity index is 1260. The number of nitrogens with zero attached hydrogens (tertiary/aromatic N) is 2. The highest BCUT2D eigenvalue weighted by Gasteiger charge is 2.35. The third kappa shape index (κ3) is 6.26. The highest BCUT2D eigenvalue weighted by Crippen LogP contribution is 2.30. The van der Waals surface area contributed by atoms with Crippen LogP contribution in [0.4, 0.5) is 18.9 Å². The van der Waals surface area contributed by atoms with E-state index in [9.17, 15) is 27.6 Å². The molecule has 3 amide bonds. The van der Waals surface area contributed by atoms with Crippen LogP contribution in [0.5, 0.6) is 0 Å². The maximum atomic E-state index is 13.0. The Morgan fingerprint density at radius 1 is 1.00 bits per heavy atom. The molecule has 36 heavy (non-hydrogen) atoms. The molecule has 186 valence electrons. The second kappa shape index (κ2) is 10.6. The Labute approximate surface area is 205 Å². The van der Waals surface area contributed by atoms with Gasteiger partial charge in [-0.25, -0.2) is 0 Å². The lowest BCUT2D eigenvalue weighted by Gasteiger charge is -2.18. The van der Waals surface area contributed by atoms with Gasteiger partial charge < -0.3 is 15.5 Å². The number of anilines is 1. The summed E-state index contributed by atoms with van der Waals surface area (Å²) in [4.78, 5) is 42.7. The van der Waals surface area contributed by atoms with Crippen molar-refractivity contribution in [2.24, 2.45) is 5.92 Å². The van der Waals surface area contributed by atoms with E-state index >= 15 is 0 Å². The molecule has 1 aromatic heterocycles. The van der Waals surface area contributed by atoms with Crippen LogP contribution in [0.2, 0.25) is 0 Å². The zero-order chi connectivity index (χ0) is 25.7. The molecule has 7 nitrogen and oxygen atoms in total. The smallest absolute Gasteiger partial charge is 0.352 e. The number of nitrogens with one attached hydrogen (secondary N) is 2. The third-order valence-electron chi connectivity index (χ3n) is 5.81. The van der Waals surface area contributed by atoms with Crippen molar-refractivity contribution in [3.63, 3.8) is 0 Å². The summed E-state index contributed by atoms with van der Waals surface area (Å²) in [5, 5.41) is 5.59. The summed E-state index contributed by atoms with van der Waals surface area (Å²) >= 11 is 0. The van der Waals surface area contributed by atoms with Gasteiger partial charge in [0, 0.05) is 49.7 Å². The van der Waals surface area contributed by atoms with Crippen molar-refractivity contribution in [1.29, 1.82) is 0 Å². The average Bonchev–Trinajstić information content (AvgIpc) is 3.23. The van der Waals surface area contributed by atoms with Crippen molar-refractivity contribution in [2.75, 3.05) is 11.9 Å². The number of aromatic nitrogens is 1. The largest absolute Gasteiger partial charge is 0.416 e. The number of rotatable bonds is 7. The first-order valence-corrected chi connectivity index (χ1v) is 11.2. The summed E-state index contributed by atoms with van der Waals surface area (Å²) in [5.74, 6) is -1.49. The number of likely N-dealkylation sites (tertiary alicyclic amines) is 1. The molecule has 1 saturated heterocycles. The molecule has 1 atom stereocenters. The molecule has 0 bridgehead atoms. The minimum Gasteiger partial charge on any atom is -0.352 e. The maximum Gasteiger partial charge on any atom is 0.416 e. The summed E-state index contributed by atoms with van der Waals surface area (Å²) in [5.41, 5.74) is 1.35. The van der Waals surface area contributed by atoms with Crippen LogP contribution in [0, 0.1) is 5.92 Å². The van der Waals surface area contributed by atoms with Crippen molar-refractivity contribution in [2.45, 2.75) is 25.7 Å². The SMILES string of the molecule is O=C(Nc1cccc(CNC(=O)C2CC(=O)N(Cc3cccc(C(F)(F)F)c3)C2)c1)c1ccncc1. The van der Waals surface area contributed by atoms with Gasteiger partial charge >= 0.3 is 6.18 Å². The van der Waals surface area contributed by atoms with Crippen LogP contribution >= 0.6 is 0 Å². The van der Waals surface area contributed by atoms with Gasteiger partial charge in [0.05, 0.1) is 11.5 Å². The lowest BCUT2D eigenvalue weighted by atomic mass is 10.1. The summed E-state index contributed by atoms with van der Waals surface area (Å²) in [6.07, 6.45) is -1.43. The first-order valence-electron chi connectivity index (χ1n) is 11.2. The molecule has 0 aliphatic carbocycles. The van der Waals surface area contributed by atoms with Gasteiger partial charge in [-0.2, -0.15) is 13.2 Å². The van der Waals surface area contributed by atoms with Gasteiger partial charge in [-0.3, -0.25) is 19.4 Å². The van der Waals surface area contributed by atoms with E-state index in [2.05, 4.69) is 15.6 Å². The molecular weight excluding hydrogens is 473 g/mol. The minimum atomic E-state index is -4.47. The monoisotopic (exact) mass is 496 g/mol. The molecule has 0 spiro atoms. The van der Waals surface area contributed by atoms with Crippen LogP contribution in [-0.4, -0.2) is 34.2 Å². The predicted molar refractivity (Wildman–Crippen MR) is 125 cm³/mol. The fourth-order valence-corrected chi connectivity index (χ4v) is 3.97. The minimum absolute atomic E-state index is 0.00571. The Balaban J connectivity index is 1.31. The van der Waals surface area contributed by atoms with Crippen molar-refractivity contribution in [1.82, 2.24) is 15.2 Å². The van der Waals surface area contributed by atoms with E-state index in [1.165, 1.54) is 29.4 Å². The van der Waals surface area contributed by atoms with Crippen molar-refractivity contribution >= 4 is 23.4 Å². The molecule has 4 rings (SSSR count). The molecule has 2 aromatic carbocycles. The number of hydrogen-bond acceptors (Lipinski definition) is 4. The number of halogens is 3. The van der Waals surface area contributed by atoms with Crippen molar-refractivity contribution in [3.05, 3.63) is 95.3 Å². The molecule has 0 radical (unpaired) electrons. The first kappa shape index (κ1) is 24.9. The van der Waals surface area contributed by atoms with E-state index in [1.807, 2.05) is 0 Å². The Morgan fingerprint density at radius 2 is 1.72 bits per heavy atom. The van der Waals surface area contributed by atoms with Crippen LogP contribution in [0.25, 0.3) is 0 Å². The molecule has 1 aliphatic rings. The fraction of sp³-hybridized carbons (Fsp3) is 0.231. The topological polar surface area (TPSA) is 91.4 Å². The molecule has 1 unspecified atom stereocenters. The van der Waals surface area contributed by atoms with E-state index in [0.717, 1.165) is 17.7 Å². The number of carbonyl (C=O) groups excluding carboxylic acids is 3. The van der Waals surface area contributed by atoms with E-state index in [1.54, 1.807) is 36.4 Å². The Hall–Kier alpha value is -4.21. The van der Waals surface area contributed by atoms with E-state index in [0.29, 0.717) is 16.8 Å². The number of carbonyl (C=O) groups is 3. The Morgan fingerprint density at radius 3 is 2.47 bits per heavy atom. The molecule has 2 heterocycles. The summed E-state index contributed by atoms with van der Waals surface area (Å²) in [6.45, 7) is 0.324. The number of hydrogen-bond donors (Lipinski definition) is 2. The van der Waals surface area contributed by atoms with Crippen LogP contribution in [0.3, 0.4) is 0 Å². The van der Waals surface area contributed by atoms with Gasteiger partial charge in [0.2, 0.25) is 11.8 Å². The van der Waals surface area contributed by atoms with Crippen molar-refractivity contribution in [3.8, 4) is 0 Å². The molecule has 1 aliphatic heterocycles. The van der Waals surface area contributed by atoms with Crippen LogP contribution in [0.15, 0.2) is 73.1 Å². The van der Waals surface area contributed by atoms with Gasteiger partial charge in [0.1, 0.15) is 0 Å². The highest BCUT2D eigenvalue weighted by molar-refractivity contribution is 6.04. The van der Waals surface area contributed by atoms with E-state index in [-0.39, 0.29) is 43.8 Å². The molecule has 2 N–H and O–H groups in total. The molecule has 1 fully saturated rings. The normalized spacial score (nSPS) is 15.6. The average molecular weight is 496 g/mol. The third-order valence-corrected chi connectivity index (χ3v) is 5.81. The first-order chi connectivity index (χ1) is 17.2. The second-order valence-corrected chi connectivity index (χ2v) is 8.48. The summed E-state index contributed by atoms with van der Waals surface area (Å²) < 4.78 is 38.9. The zero-order valence-corrected chi connectivity index (χ0v) is 19.1. The van der Waals surface area contributed by atoms with Gasteiger partial charge in [-0.1, -0.05) is 24.3 Å². The van der Waals surface area contributed by atoms with Gasteiger partial charge in [0.15, 0.2) is 0 Å². The van der Waals surface area contributed by atoms with Gasteiger partial charge in [-0.05, 0) is 47.5 Å². The Kier molecular flexibility index (Phi) is 7.33. The fourth-order valence-electron chi connectivity index (χ4n) is 3.97. The highest BCUT2D eigenvalue weighted by atomic mass is 19.4. The number of benzene rings is 2. The number of amides is 3. The second-order valence-electron chi connectivity index (χ2n) is 8.48. The number of pyridine rings is 1. The predicted octanol–water partition coefficient (Wildman–Crippen LogP) is 4.02. The lowest BCUT2D eigenvalue weighted by molar-refractivity contribution is -0.137. The standard InChI is InChI=1S/C26H23F3N4O3/c27-26(28,29)21-5-1-4-18(11-21)15-33-16-20(13-23(33)34)24(35)31-14-17-3-2-6-22(12-17)32-25(36)19-7-9-30-10-8-19/h1-12,20H,13-16H2,(H,31,35)(H,32,36). The zero-order valence-electron chi connectivity index (χ0n) is 19.1. The van der Waals surface area contributed by atoms with E-state index in [4.69, 9.17) is 0 Å². The number of alkyl halides is 3. The summed E-state index contributed by atoms with van der Waals surface area (Å²) in [6, 6.07) is 15.0. The quantitative estimate of drug-likeness (QED) is 0.517. The van der Waals surface area contributed by atoms with Gasteiger partial charge in [0.25, 0.3) is 5.91 Å². The van der Waals surface area contributed by atoms with Crippen LogP contribution < -0.4 is 10.6 Å². The summed E-state index contributed by atoms with van der Waals surface area (Å²) in [7, 11) is 0. The maximum absolute atomic E-state index is 13.0. The van der Waals surface area contributed by atoms with E-state index < -0.39 is 17.7 Å². The molecular formula is C26H23F3N4O3. The van der Waals surface area contributed by atoms with Crippen LogP contribution in [-0.2, 0) is 28.9 Å². The molecule has 3 aromatic rings. The molecule has 10 heteroatoms. The lowest BCUT2D eigenvalue weighted by Crippen LogP contribution is -2.32. The van der Waals surface area contributed by atoms with Crippen molar-refractivity contribution < 1.29 is 27.6 Å².